The molecule has 1 amide bonds. The van der Waals surface area contributed by atoms with Crippen LogP contribution in [0.3, 0.4) is 0 Å². The summed E-state index contributed by atoms with van der Waals surface area (Å²) in [6.45, 7) is 6.80. The number of amides is 1. The lowest BCUT2D eigenvalue weighted by Crippen LogP contribution is -2.38. The highest BCUT2D eigenvalue weighted by atomic mass is 16.6. The van der Waals surface area contributed by atoms with E-state index < -0.39 is 17.2 Å². The summed E-state index contributed by atoms with van der Waals surface area (Å²) in [5, 5.41) is 6.23. The Morgan fingerprint density at radius 2 is 1.95 bits per heavy atom. The van der Waals surface area contributed by atoms with Gasteiger partial charge in [-0.25, -0.2) is 10.3 Å². The Labute approximate surface area is 218 Å². The second-order valence-electron chi connectivity index (χ2n) is 10.1. The van der Waals surface area contributed by atoms with Gasteiger partial charge in [-0.15, -0.1) is 0 Å². The Bertz CT molecular complexity index is 1810. The van der Waals surface area contributed by atoms with Crippen LogP contribution >= 0.6 is 0 Å². The molecule has 0 unspecified atom stereocenters. The zero-order valence-electron chi connectivity index (χ0n) is 22.3. The molecular formula is C27H31N7O4. The highest BCUT2D eigenvalue weighted by Crippen LogP contribution is 2.30. The summed E-state index contributed by atoms with van der Waals surface area (Å²) in [7, 11) is 4.64. The fourth-order valence-electron chi connectivity index (χ4n) is 4.93. The zero-order chi connectivity index (χ0) is 27.3. The van der Waals surface area contributed by atoms with Gasteiger partial charge in [-0.3, -0.25) is 28.2 Å². The number of aromatic amines is 1. The standard InChI is InChI=1S/C27H31N7O4/c1-15(2)12-33-24-22(26(36)32(5)27(33)37)23(21-10-17(13-31(21)4)25(35)30-38-6)34(29-24)14-18-11-28-20-8-7-16(3)9-19(18)20/h7-11,13,15,28H,12,14H2,1-6H3,(H,30,35). The molecular weight excluding hydrogens is 486 g/mol. The number of carbonyl (C=O) groups excluding carboxylic acids is 1. The van der Waals surface area contributed by atoms with Crippen LogP contribution in [0, 0.1) is 12.8 Å². The third-order valence-electron chi connectivity index (χ3n) is 6.72. The molecule has 198 valence electrons. The third-order valence-corrected chi connectivity index (χ3v) is 6.72. The van der Waals surface area contributed by atoms with E-state index in [9.17, 15) is 14.4 Å². The summed E-state index contributed by atoms with van der Waals surface area (Å²) in [5.74, 6) is -0.264. The van der Waals surface area contributed by atoms with Crippen LogP contribution in [0.1, 0.15) is 35.3 Å². The summed E-state index contributed by atoms with van der Waals surface area (Å²) in [6.07, 6.45) is 3.60. The van der Waals surface area contributed by atoms with Crippen molar-refractivity contribution < 1.29 is 9.63 Å². The van der Waals surface area contributed by atoms with E-state index in [4.69, 9.17) is 9.94 Å². The molecule has 0 saturated carbocycles. The van der Waals surface area contributed by atoms with E-state index in [0.29, 0.717) is 41.1 Å². The topological polar surface area (TPSA) is 121 Å². The molecule has 0 aliphatic heterocycles. The van der Waals surface area contributed by atoms with Gasteiger partial charge in [-0.05, 0) is 36.6 Å². The molecule has 2 N–H and O–H groups in total. The number of carbonyl (C=O) groups is 1. The van der Waals surface area contributed by atoms with Crippen LogP contribution in [0.15, 0.2) is 46.2 Å². The van der Waals surface area contributed by atoms with Crippen LogP contribution in [-0.4, -0.2) is 41.5 Å². The van der Waals surface area contributed by atoms with Gasteiger partial charge in [0.1, 0.15) is 11.1 Å². The lowest BCUT2D eigenvalue weighted by Gasteiger charge is -2.11. The van der Waals surface area contributed by atoms with Gasteiger partial charge in [0, 0.05) is 43.9 Å². The second-order valence-corrected chi connectivity index (χ2v) is 10.1. The molecule has 1 aromatic carbocycles. The Morgan fingerprint density at radius 1 is 1.18 bits per heavy atom. The van der Waals surface area contributed by atoms with Gasteiger partial charge >= 0.3 is 5.69 Å². The maximum absolute atomic E-state index is 13.6. The van der Waals surface area contributed by atoms with Crippen molar-refractivity contribution in [2.24, 2.45) is 20.0 Å². The largest absolute Gasteiger partial charge is 0.361 e. The summed E-state index contributed by atoms with van der Waals surface area (Å²) in [4.78, 5) is 47.4. The number of hydrogen-bond acceptors (Lipinski definition) is 5. The summed E-state index contributed by atoms with van der Waals surface area (Å²) >= 11 is 0. The molecule has 0 saturated heterocycles. The molecule has 4 heterocycles. The molecule has 4 aromatic heterocycles. The monoisotopic (exact) mass is 517 g/mol. The van der Waals surface area contributed by atoms with Gasteiger partial charge in [0.05, 0.1) is 24.9 Å². The molecule has 0 aliphatic rings. The average molecular weight is 518 g/mol. The molecule has 0 aliphatic carbocycles. The summed E-state index contributed by atoms with van der Waals surface area (Å²) < 4.78 is 6.20. The molecule has 0 atom stereocenters. The van der Waals surface area contributed by atoms with Crippen LogP contribution in [-0.2, 0) is 32.0 Å². The molecule has 11 heteroatoms. The number of nitrogens with zero attached hydrogens (tertiary/aromatic N) is 5. The van der Waals surface area contributed by atoms with Crippen LogP contribution in [0.4, 0.5) is 0 Å². The van der Waals surface area contributed by atoms with Crippen LogP contribution in [0.25, 0.3) is 33.3 Å². The van der Waals surface area contributed by atoms with Crippen molar-refractivity contribution in [3.05, 3.63) is 74.2 Å². The van der Waals surface area contributed by atoms with Crippen molar-refractivity contribution in [1.82, 2.24) is 33.9 Å². The number of benzene rings is 1. The molecule has 0 bridgehead atoms. The van der Waals surface area contributed by atoms with Crippen LogP contribution in [0.5, 0.6) is 0 Å². The first-order valence-electron chi connectivity index (χ1n) is 12.4. The van der Waals surface area contributed by atoms with Crippen molar-refractivity contribution in [3.8, 4) is 11.4 Å². The van der Waals surface area contributed by atoms with Gasteiger partial charge in [0.2, 0.25) is 0 Å². The quantitative estimate of drug-likeness (QED) is 0.322. The van der Waals surface area contributed by atoms with E-state index in [1.54, 1.807) is 33.1 Å². The maximum Gasteiger partial charge on any atom is 0.332 e. The highest BCUT2D eigenvalue weighted by Gasteiger charge is 2.25. The lowest BCUT2D eigenvalue weighted by molar-refractivity contribution is 0.0537. The number of H-pyrrole nitrogens is 1. The van der Waals surface area contributed by atoms with Crippen LogP contribution < -0.4 is 16.7 Å². The first-order valence-corrected chi connectivity index (χ1v) is 12.4. The van der Waals surface area contributed by atoms with E-state index in [-0.39, 0.29) is 5.92 Å². The number of hydroxylamine groups is 1. The lowest BCUT2D eigenvalue weighted by atomic mass is 10.1. The molecule has 0 radical (unpaired) electrons. The predicted molar refractivity (Wildman–Crippen MR) is 145 cm³/mol. The highest BCUT2D eigenvalue weighted by molar-refractivity contribution is 5.97. The number of nitrogens with one attached hydrogen (secondary N) is 2. The normalized spacial score (nSPS) is 11.8. The smallest absolute Gasteiger partial charge is 0.332 e. The molecule has 38 heavy (non-hydrogen) atoms. The molecule has 5 rings (SSSR count). The molecule has 0 fully saturated rings. The number of aryl methyl sites for hydroxylation is 2. The van der Waals surface area contributed by atoms with Crippen molar-refractivity contribution in [1.29, 1.82) is 0 Å². The van der Waals surface area contributed by atoms with E-state index in [1.807, 2.05) is 39.1 Å². The van der Waals surface area contributed by atoms with Crippen molar-refractivity contribution >= 4 is 27.8 Å². The van der Waals surface area contributed by atoms with E-state index in [0.717, 1.165) is 26.6 Å². The van der Waals surface area contributed by atoms with Gasteiger partial charge in [0.25, 0.3) is 11.5 Å². The minimum Gasteiger partial charge on any atom is -0.361 e. The Morgan fingerprint density at radius 3 is 2.66 bits per heavy atom. The van der Waals surface area contributed by atoms with E-state index >= 15 is 0 Å². The number of fused-ring (bicyclic) bond motifs is 2. The first-order chi connectivity index (χ1) is 18.1. The van der Waals surface area contributed by atoms with Crippen molar-refractivity contribution in [2.75, 3.05) is 7.11 Å². The van der Waals surface area contributed by atoms with E-state index in [2.05, 4.69) is 16.5 Å². The minimum absolute atomic E-state index is 0.151. The number of hydrogen-bond donors (Lipinski definition) is 2. The minimum atomic E-state index is -0.440. The molecule has 0 spiro atoms. The Balaban J connectivity index is 1.82. The van der Waals surface area contributed by atoms with E-state index in [1.165, 1.54) is 14.2 Å². The number of rotatable bonds is 7. The van der Waals surface area contributed by atoms with Crippen molar-refractivity contribution in [3.63, 3.8) is 0 Å². The molecule has 5 aromatic rings. The maximum atomic E-state index is 13.6. The predicted octanol–water partition coefficient (Wildman–Crippen LogP) is 2.69. The second kappa shape index (κ2) is 9.49. The fourth-order valence-corrected chi connectivity index (χ4v) is 4.93. The Hall–Kier alpha value is -4.38. The van der Waals surface area contributed by atoms with Gasteiger partial charge in [-0.1, -0.05) is 25.5 Å². The fraction of sp³-hybridized carbons (Fsp3) is 0.333. The summed E-state index contributed by atoms with van der Waals surface area (Å²) in [6, 6.07) is 7.87. The first kappa shape index (κ1) is 25.3. The van der Waals surface area contributed by atoms with Gasteiger partial charge in [0.15, 0.2) is 5.65 Å². The van der Waals surface area contributed by atoms with Crippen LogP contribution in [0.2, 0.25) is 0 Å². The third kappa shape index (κ3) is 4.14. The number of aromatic nitrogens is 6. The SMILES string of the molecule is CONC(=O)c1cc(-c2c3c(=O)n(C)c(=O)n(CC(C)C)c3nn2Cc2c[nH]c3ccc(C)cc23)n(C)c1. The Kier molecular flexibility index (Phi) is 6.31. The zero-order valence-corrected chi connectivity index (χ0v) is 22.3. The van der Waals surface area contributed by atoms with Crippen molar-refractivity contribution in [2.45, 2.75) is 33.9 Å². The average Bonchev–Trinajstić information content (AvgIpc) is 3.56. The van der Waals surface area contributed by atoms with Gasteiger partial charge < -0.3 is 9.55 Å². The molecule has 11 nitrogen and oxygen atoms in total. The summed E-state index contributed by atoms with van der Waals surface area (Å²) in [5.41, 5.74) is 6.40. The van der Waals surface area contributed by atoms with Gasteiger partial charge in [-0.2, -0.15) is 5.10 Å².